The lowest BCUT2D eigenvalue weighted by atomic mass is 10.2. The van der Waals surface area contributed by atoms with E-state index in [9.17, 15) is 0 Å². The molecular formula is C27H39Cl3N2O2. The van der Waals surface area contributed by atoms with Gasteiger partial charge in [0.15, 0.2) is 11.5 Å². The van der Waals surface area contributed by atoms with Crippen LogP contribution in [-0.2, 0) is 13.2 Å². The van der Waals surface area contributed by atoms with Crippen molar-refractivity contribution in [3.05, 3.63) is 56.5 Å². The second-order valence-corrected chi connectivity index (χ2v) is 9.63. The fourth-order valence-corrected chi connectivity index (χ4v) is 4.49. The van der Waals surface area contributed by atoms with Crippen LogP contribution in [0, 0.1) is 0 Å². The summed E-state index contributed by atoms with van der Waals surface area (Å²) < 4.78 is 11.8. The average molecular weight is 530 g/mol. The normalized spacial score (nSPS) is 11.3. The zero-order chi connectivity index (χ0) is 24.8. The molecule has 34 heavy (non-hydrogen) atoms. The molecular weight excluding hydrogens is 491 g/mol. The van der Waals surface area contributed by atoms with E-state index in [4.69, 9.17) is 44.3 Å². The molecule has 1 N–H and O–H groups in total. The minimum Gasteiger partial charge on any atom is -0.490 e. The Kier molecular flexibility index (Phi) is 14.1. The number of unbranched alkanes of at least 4 members (excludes halogenated alkanes) is 2. The van der Waals surface area contributed by atoms with Gasteiger partial charge in [-0.15, -0.1) is 0 Å². The average Bonchev–Trinajstić information content (AvgIpc) is 2.81. The van der Waals surface area contributed by atoms with E-state index < -0.39 is 0 Å². The van der Waals surface area contributed by atoms with Crippen molar-refractivity contribution in [2.75, 3.05) is 32.8 Å². The van der Waals surface area contributed by atoms with Crippen molar-refractivity contribution >= 4 is 34.8 Å². The van der Waals surface area contributed by atoms with Crippen LogP contribution in [0.4, 0.5) is 0 Å². The predicted octanol–water partition coefficient (Wildman–Crippen LogP) is 8.01. The Morgan fingerprint density at radius 2 is 1.47 bits per heavy atom. The van der Waals surface area contributed by atoms with Crippen molar-refractivity contribution in [3.63, 3.8) is 0 Å². The lowest BCUT2D eigenvalue weighted by Crippen LogP contribution is -2.29. The van der Waals surface area contributed by atoms with Crippen LogP contribution >= 0.6 is 34.8 Å². The van der Waals surface area contributed by atoms with Crippen molar-refractivity contribution in [1.29, 1.82) is 0 Å². The van der Waals surface area contributed by atoms with Crippen LogP contribution in [0.1, 0.15) is 64.0 Å². The highest BCUT2D eigenvalue weighted by molar-refractivity contribution is 6.36. The maximum absolute atomic E-state index is 6.59. The van der Waals surface area contributed by atoms with Gasteiger partial charge in [-0.25, -0.2) is 0 Å². The molecule has 0 saturated carbocycles. The van der Waals surface area contributed by atoms with Gasteiger partial charge in [0, 0.05) is 22.2 Å². The molecule has 0 atom stereocenters. The molecule has 7 heteroatoms. The highest BCUT2D eigenvalue weighted by atomic mass is 35.5. The quantitative estimate of drug-likeness (QED) is 0.210. The molecule has 0 spiro atoms. The Hall–Kier alpha value is -1.17. The first kappa shape index (κ1) is 29.1. The third-order valence-corrected chi connectivity index (χ3v) is 6.59. The van der Waals surface area contributed by atoms with Crippen molar-refractivity contribution in [2.45, 2.75) is 66.0 Å². The maximum atomic E-state index is 6.59. The molecule has 0 heterocycles. The van der Waals surface area contributed by atoms with E-state index >= 15 is 0 Å². The van der Waals surface area contributed by atoms with E-state index in [0.717, 1.165) is 37.2 Å². The van der Waals surface area contributed by atoms with Gasteiger partial charge in [-0.1, -0.05) is 67.6 Å². The van der Waals surface area contributed by atoms with Crippen LogP contribution in [0.15, 0.2) is 30.3 Å². The number of rotatable bonds is 17. The Balaban J connectivity index is 1.92. The summed E-state index contributed by atoms with van der Waals surface area (Å²) in [6.07, 6.45) is 6.16. The van der Waals surface area contributed by atoms with E-state index in [1.165, 1.54) is 38.8 Å². The number of hydrogen-bond donors (Lipinski definition) is 1. The Morgan fingerprint density at radius 3 is 2.09 bits per heavy atom. The molecule has 2 aromatic carbocycles. The number of nitrogens with one attached hydrogen (secondary N) is 1. The minimum atomic E-state index is 0.211. The summed E-state index contributed by atoms with van der Waals surface area (Å²) in [6, 6.07) is 9.30. The largest absolute Gasteiger partial charge is 0.490 e. The third kappa shape index (κ3) is 9.83. The van der Waals surface area contributed by atoms with Crippen LogP contribution in [0.2, 0.25) is 15.1 Å². The summed E-state index contributed by atoms with van der Waals surface area (Å²) in [6.45, 7) is 12.4. The number of ether oxygens (including phenoxy) is 2. The Labute approximate surface area is 220 Å². The second kappa shape index (κ2) is 16.5. The first-order valence-corrected chi connectivity index (χ1v) is 13.6. The summed E-state index contributed by atoms with van der Waals surface area (Å²) >= 11 is 19.1. The minimum absolute atomic E-state index is 0.211. The lowest BCUT2D eigenvalue weighted by molar-refractivity contribution is 0.261. The highest BCUT2D eigenvalue weighted by Crippen LogP contribution is 2.38. The fraction of sp³-hybridized carbons (Fsp3) is 0.556. The summed E-state index contributed by atoms with van der Waals surface area (Å²) in [5.41, 5.74) is 1.78. The van der Waals surface area contributed by atoms with Gasteiger partial charge in [-0.05, 0) is 82.2 Å². The molecule has 0 unspecified atom stereocenters. The van der Waals surface area contributed by atoms with Crippen LogP contribution in [0.3, 0.4) is 0 Å². The molecule has 0 fully saturated rings. The molecule has 0 saturated heterocycles. The first-order chi connectivity index (χ1) is 16.5. The molecule has 190 valence electrons. The number of nitrogens with zero attached hydrogens (tertiary/aromatic N) is 1. The molecule has 0 radical (unpaired) electrons. The highest BCUT2D eigenvalue weighted by Gasteiger charge is 2.15. The second-order valence-electron chi connectivity index (χ2n) is 8.41. The summed E-state index contributed by atoms with van der Waals surface area (Å²) in [5, 5.41) is 5.17. The van der Waals surface area contributed by atoms with Crippen LogP contribution in [0.25, 0.3) is 0 Å². The van der Waals surface area contributed by atoms with Crippen molar-refractivity contribution in [1.82, 2.24) is 10.2 Å². The van der Waals surface area contributed by atoms with E-state index in [0.29, 0.717) is 33.2 Å². The smallest absolute Gasteiger partial charge is 0.180 e. The molecule has 2 rings (SSSR count). The molecule has 4 nitrogen and oxygen atoms in total. The van der Waals surface area contributed by atoms with Gasteiger partial charge in [-0.3, -0.25) is 0 Å². The van der Waals surface area contributed by atoms with E-state index in [2.05, 4.69) is 24.1 Å². The van der Waals surface area contributed by atoms with Crippen LogP contribution in [0.5, 0.6) is 11.5 Å². The van der Waals surface area contributed by atoms with E-state index in [1.54, 1.807) is 12.1 Å². The zero-order valence-electron chi connectivity index (χ0n) is 20.8. The molecule has 0 aliphatic heterocycles. The van der Waals surface area contributed by atoms with Crippen molar-refractivity contribution < 1.29 is 9.47 Å². The molecule has 0 aliphatic rings. The van der Waals surface area contributed by atoms with E-state index in [1.807, 2.05) is 25.1 Å². The van der Waals surface area contributed by atoms with Gasteiger partial charge in [0.1, 0.15) is 6.61 Å². The number of benzene rings is 2. The van der Waals surface area contributed by atoms with Crippen molar-refractivity contribution in [3.8, 4) is 11.5 Å². The van der Waals surface area contributed by atoms with Crippen LogP contribution < -0.4 is 14.8 Å². The summed E-state index contributed by atoms with van der Waals surface area (Å²) in [5.74, 6) is 1.13. The lowest BCUT2D eigenvalue weighted by Gasteiger charge is -2.22. The molecule has 0 bridgehead atoms. The topological polar surface area (TPSA) is 33.7 Å². The monoisotopic (exact) mass is 528 g/mol. The van der Waals surface area contributed by atoms with Gasteiger partial charge in [-0.2, -0.15) is 0 Å². The molecule has 0 amide bonds. The van der Waals surface area contributed by atoms with Gasteiger partial charge < -0.3 is 19.7 Å². The van der Waals surface area contributed by atoms with Crippen molar-refractivity contribution in [2.24, 2.45) is 0 Å². The number of halogens is 3. The molecule has 2 aromatic rings. The Morgan fingerprint density at radius 1 is 0.824 bits per heavy atom. The summed E-state index contributed by atoms with van der Waals surface area (Å²) in [4.78, 5) is 2.59. The predicted molar refractivity (Wildman–Crippen MR) is 146 cm³/mol. The Bertz CT molecular complexity index is 836. The molecule has 0 aliphatic carbocycles. The fourth-order valence-electron chi connectivity index (χ4n) is 3.70. The van der Waals surface area contributed by atoms with E-state index in [-0.39, 0.29) is 6.61 Å². The van der Waals surface area contributed by atoms with Gasteiger partial charge in [0.25, 0.3) is 0 Å². The number of hydrogen-bond acceptors (Lipinski definition) is 4. The first-order valence-electron chi connectivity index (χ1n) is 12.4. The maximum Gasteiger partial charge on any atom is 0.180 e. The SMILES string of the molecule is CCCCN(CCCC)CCCNCc1cc(Cl)c(OCc2c(Cl)cccc2Cl)c(OCC)c1. The van der Waals surface area contributed by atoms with Gasteiger partial charge in [0.05, 0.1) is 11.6 Å². The third-order valence-electron chi connectivity index (χ3n) is 5.60. The summed E-state index contributed by atoms with van der Waals surface area (Å²) in [7, 11) is 0. The van der Waals surface area contributed by atoms with Gasteiger partial charge in [0.2, 0.25) is 0 Å². The molecule has 0 aromatic heterocycles. The van der Waals surface area contributed by atoms with Gasteiger partial charge >= 0.3 is 0 Å². The van der Waals surface area contributed by atoms with Crippen LogP contribution in [-0.4, -0.2) is 37.7 Å². The standard InChI is InChI=1S/C27H39Cl3N2O2/c1-4-7-14-32(15-8-5-2)16-10-13-31-19-21-17-25(30)27(26(18-21)33-6-3)34-20-22-23(28)11-9-12-24(22)29/h9,11-12,17-18,31H,4-8,10,13-16,19-20H2,1-3H3. The zero-order valence-corrected chi connectivity index (χ0v) is 23.0.